The zero-order chi connectivity index (χ0) is 17.7. The van der Waals surface area contributed by atoms with Crippen LogP contribution in [0.5, 0.6) is 5.75 Å². The van der Waals surface area contributed by atoms with Crippen molar-refractivity contribution < 1.29 is 13.2 Å². The Bertz CT molecular complexity index is 876. The molecule has 0 N–H and O–H groups in total. The average molecular weight is 357 g/mol. The van der Waals surface area contributed by atoms with E-state index in [1.165, 1.54) is 4.31 Å². The highest BCUT2D eigenvalue weighted by atomic mass is 32.2. The molecule has 2 aromatic rings. The summed E-state index contributed by atoms with van der Waals surface area (Å²) >= 11 is 0. The molecular formula is C18H19N3O3S. The van der Waals surface area contributed by atoms with Crippen LogP contribution in [0.25, 0.3) is 0 Å². The second kappa shape index (κ2) is 7.64. The number of hydrogen-bond acceptors (Lipinski definition) is 5. The lowest BCUT2D eigenvalue weighted by Gasteiger charge is -2.21. The maximum absolute atomic E-state index is 13.0. The van der Waals surface area contributed by atoms with Crippen LogP contribution in [0.2, 0.25) is 0 Å². The maximum atomic E-state index is 13.0. The molecule has 0 bridgehead atoms. The number of nitriles is 1. The van der Waals surface area contributed by atoms with Crippen LogP contribution in [0.4, 0.5) is 0 Å². The number of nitrogens with zero attached hydrogens (tertiary/aromatic N) is 3. The predicted octanol–water partition coefficient (Wildman–Crippen LogP) is 2.16. The van der Waals surface area contributed by atoms with Gasteiger partial charge in [0.05, 0.1) is 17.6 Å². The summed E-state index contributed by atoms with van der Waals surface area (Å²) in [6, 6.07) is 12.5. The highest BCUT2D eigenvalue weighted by Gasteiger charge is 2.26. The lowest BCUT2D eigenvalue weighted by molar-refractivity contribution is 0.356. The lowest BCUT2D eigenvalue weighted by Crippen LogP contribution is -2.34. The topological polar surface area (TPSA) is 83.3 Å². The molecule has 0 radical (unpaired) electrons. The van der Waals surface area contributed by atoms with Crippen LogP contribution < -0.4 is 4.74 Å². The van der Waals surface area contributed by atoms with Gasteiger partial charge in [-0.05, 0) is 35.9 Å². The fraction of sp³-hybridized carbons (Fsp3) is 0.333. The molecule has 0 fully saturated rings. The van der Waals surface area contributed by atoms with Gasteiger partial charge in [0, 0.05) is 44.2 Å². The Morgan fingerprint density at radius 1 is 1.24 bits per heavy atom. The van der Waals surface area contributed by atoms with Crippen LogP contribution in [0.3, 0.4) is 0 Å². The molecule has 130 valence electrons. The first-order valence-corrected chi connectivity index (χ1v) is 9.58. The molecule has 0 saturated carbocycles. The molecule has 0 saturated heterocycles. The van der Waals surface area contributed by atoms with Crippen LogP contribution in [0.15, 0.2) is 47.5 Å². The van der Waals surface area contributed by atoms with Gasteiger partial charge < -0.3 is 4.74 Å². The van der Waals surface area contributed by atoms with Gasteiger partial charge in [0.15, 0.2) is 0 Å². The fourth-order valence-corrected chi connectivity index (χ4v) is 4.28. The van der Waals surface area contributed by atoms with Crippen molar-refractivity contribution in [2.24, 2.45) is 0 Å². The summed E-state index contributed by atoms with van der Waals surface area (Å²) < 4.78 is 32.8. The Balaban J connectivity index is 1.82. The van der Waals surface area contributed by atoms with Crippen molar-refractivity contribution in [2.45, 2.75) is 24.2 Å². The summed E-state index contributed by atoms with van der Waals surface area (Å²) in [5.41, 5.74) is 1.73. The molecule has 1 aliphatic rings. The highest BCUT2D eigenvalue weighted by Crippen LogP contribution is 2.29. The molecule has 6 nitrogen and oxygen atoms in total. The van der Waals surface area contributed by atoms with Crippen molar-refractivity contribution in [2.75, 3.05) is 19.7 Å². The third-order valence-electron chi connectivity index (χ3n) is 4.12. The number of ether oxygens (including phenoxy) is 1. The Morgan fingerprint density at radius 3 is 2.88 bits per heavy atom. The third-order valence-corrected chi connectivity index (χ3v) is 6.01. The molecule has 1 aliphatic heterocycles. The molecule has 25 heavy (non-hydrogen) atoms. The first-order valence-electron chi connectivity index (χ1n) is 8.14. The van der Waals surface area contributed by atoms with E-state index in [2.05, 4.69) is 4.98 Å². The van der Waals surface area contributed by atoms with E-state index < -0.39 is 10.0 Å². The summed E-state index contributed by atoms with van der Waals surface area (Å²) in [6.07, 6.45) is 3.05. The summed E-state index contributed by atoms with van der Waals surface area (Å²) in [4.78, 5) is 4.48. The largest absolute Gasteiger partial charge is 0.493 e. The Kier molecular flexibility index (Phi) is 5.31. The minimum Gasteiger partial charge on any atom is -0.493 e. The Morgan fingerprint density at radius 2 is 2.12 bits per heavy atom. The van der Waals surface area contributed by atoms with E-state index in [1.807, 2.05) is 24.3 Å². The van der Waals surface area contributed by atoms with Gasteiger partial charge in [-0.1, -0.05) is 6.07 Å². The van der Waals surface area contributed by atoms with Crippen molar-refractivity contribution in [1.29, 1.82) is 5.26 Å². The number of benzene rings is 1. The van der Waals surface area contributed by atoms with Gasteiger partial charge in [0.2, 0.25) is 10.0 Å². The van der Waals surface area contributed by atoms with Crippen molar-refractivity contribution in [3.05, 3.63) is 53.9 Å². The molecule has 2 heterocycles. The van der Waals surface area contributed by atoms with Crippen LogP contribution in [-0.2, 0) is 22.9 Å². The molecule has 0 aliphatic carbocycles. The van der Waals surface area contributed by atoms with E-state index >= 15 is 0 Å². The number of sulfonamides is 1. The van der Waals surface area contributed by atoms with Gasteiger partial charge in [-0.25, -0.2) is 8.42 Å². The molecule has 0 atom stereocenters. The van der Waals surface area contributed by atoms with Crippen LogP contribution in [0, 0.1) is 11.3 Å². The molecule has 1 aromatic carbocycles. The molecule has 3 rings (SSSR count). The second-order valence-corrected chi connectivity index (χ2v) is 7.69. The smallest absolute Gasteiger partial charge is 0.243 e. The quantitative estimate of drug-likeness (QED) is 0.758. The minimum atomic E-state index is -3.67. The zero-order valence-corrected chi connectivity index (χ0v) is 14.6. The van der Waals surface area contributed by atoms with Gasteiger partial charge in [-0.3, -0.25) is 4.98 Å². The minimum absolute atomic E-state index is 0.148. The number of aromatic nitrogens is 1. The predicted molar refractivity (Wildman–Crippen MR) is 92.6 cm³/mol. The zero-order valence-electron chi connectivity index (χ0n) is 13.8. The van der Waals surface area contributed by atoms with Gasteiger partial charge in [-0.2, -0.15) is 9.57 Å². The number of fused-ring (bicyclic) bond motifs is 1. The van der Waals surface area contributed by atoms with Gasteiger partial charge >= 0.3 is 0 Å². The molecule has 1 aromatic heterocycles. The van der Waals surface area contributed by atoms with Crippen molar-refractivity contribution in [1.82, 2.24) is 9.29 Å². The van der Waals surface area contributed by atoms with Crippen LogP contribution in [0.1, 0.15) is 17.7 Å². The van der Waals surface area contributed by atoms with Crippen LogP contribution >= 0.6 is 0 Å². The molecule has 0 amide bonds. The summed E-state index contributed by atoms with van der Waals surface area (Å²) in [5, 5.41) is 8.86. The Hall–Kier alpha value is -2.43. The van der Waals surface area contributed by atoms with E-state index in [9.17, 15) is 8.42 Å². The molecule has 0 spiro atoms. The summed E-state index contributed by atoms with van der Waals surface area (Å²) in [5.74, 6) is 0.746. The lowest BCUT2D eigenvalue weighted by atomic mass is 10.2. The van der Waals surface area contributed by atoms with Crippen molar-refractivity contribution in [3.8, 4) is 11.8 Å². The van der Waals surface area contributed by atoms with Crippen LogP contribution in [-0.4, -0.2) is 37.4 Å². The van der Waals surface area contributed by atoms with Crippen molar-refractivity contribution in [3.63, 3.8) is 0 Å². The first kappa shape index (κ1) is 17.4. The number of pyridine rings is 1. The molecular weight excluding hydrogens is 338 g/mol. The molecule has 7 heteroatoms. The monoisotopic (exact) mass is 357 g/mol. The van der Waals surface area contributed by atoms with E-state index in [1.54, 1.807) is 24.4 Å². The van der Waals surface area contributed by atoms with E-state index in [4.69, 9.17) is 10.00 Å². The van der Waals surface area contributed by atoms with E-state index in [-0.39, 0.29) is 24.4 Å². The van der Waals surface area contributed by atoms with E-state index in [0.717, 1.165) is 17.0 Å². The summed E-state index contributed by atoms with van der Waals surface area (Å²) in [6.45, 7) is 1.03. The first-order chi connectivity index (χ1) is 12.1. The number of hydrogen-bond donors (Lipinski definition) is 0. The molecule has 0 unspecified atom stereocenters. The number of rotatable bonds is 7. The highest BCUT2D eigenvalue weighted by molar-refractivity contribution is 7.89. The maximum Gasteiger partial charge on any atom is 0.243 e. The van der Waals surface area contributed by atoms with Gasteiger partial charge in [-0.15, -0.1) is 0 Å². The van der Waals surface area contributed by atoms with E-state index in [0.29, 0.717) is 19.4 Å². The SMILES string of the molecule is N#CCCN(CCc1ccccn1)S(=O)(=O)c1ccc2c(c1)CCO2. The van der Waals surface area contributed by atoms with Gasteiger partial charge in [0.1, 0.15) is 5.75 Å². The Labute approximate surface area is 147 Å². The second-order valence-electron chi connectivity index (χ2n) is 5.75. The standard InChI is InChI=1S/C18H19N3O3S/c19-9-3-11-21(12-7-16-4-1-2-10-20-16)25(22,23)17-5-6-18-15(14-17)8-13-24-18/h1-2,4-6,10,14H,3,7-8,11-13H2. The average Bonchev–Trinajstić information content (AvgIpc) is 3.10. The summed E-state index contributed by atoms with van der Waals surface area (Å²) in [7, 11) is -3.67. The van der Waals surface area contributed by atoms with Gasteiger partial charge in [0.25, 0.3) is 0 Å². The fourth-order valence-electron chi connectivity index (χ4n) is 2.78. The van der Waals surface area contributed by atoms with Crippen molar-refractivity contribution >= 4 is 10.0 Å². The third kappa shape index (κ3) is 3.98. The normalized spacial score (nSPS) is 13.3.